The summed E-state index contributed by atoms with van der Waals surface area (Å²) in [6.45, 7) is 2.15. The zero-order chi connectivity index (χ0) is 15.4. The zero-order valence-electron chi connectivity index (χ0n) is 12.5. The van der Waals surface area contributed by atoms with Crippen molar-refractivity contribution >= 4 is 11.0 Å². The smallest absolute Gasteiger partial charge is 0.141 e. The Hall–Kier alpha value is -2.68. The van der Waals surface area contributed by atoms with Crippen molar-refractivity contribution in [3.8, 4) is 17.3 Å². The molecular formula is C16H18N6. The molecule has 1 N–H and O–H groups in total. The molecule has 0 saturated heterocycles. The van der Waals surface area contributed by atoms with E-state index in [0.29, 0.717) is 6.42 Å². The predicted octanol–water partition coefficient (Wildman–Crippen LogP) is 3.47. The van der Waals surface area contributed by atoms with Crippen molar-refractivity contribution in [2.75, 3.05) is 0 Å². The fraction of sp³-hybridized carbons (Fsp3) is 0.375. The lowest BCUT2D eigenvalue weighted by Crippen LogP contribution is -2.08. The van der Waals surface area contributed by atoms with Crippen molar-refractivity contribution in [3.63, 3.8) is 0 Å². The van der Waals surface area contributed by atoms with E-state index in [-0.39, 0.29) is 6.04 Å². The third-order valence-electron chi connectivity index (χ3n) is 3.82. The van der Waals surface area contributed by atoms with Gasteiger partial charge in [-0.3, -0.25) is 4.68 Å². The summed E-state index contributed by atoms with van der Waals surface area (Å²) in [7, 11) is 0. The van der Waals surface area contributed by atoms with Crippen molar-refractivity contribution in [1.29, 1.82) is 5.26 Å². The number of hydrogen-bond donors (Lipinski definition) is 1. The van der Waals surface area contributed by atoms with Crippen LogP contribution in [0.4, 0.5) is 0 Å². The van der Waals surface area contributed by atoms with E-state index in [1.807, 2.05) is 29.3 Å². The van der Waals surface area contributed by atoms with E-state index < -0.39 is 0 Å². The van der Waals surface area contributed by atoms with Crippen LogP contribution in [0.25, 0.3) is 22.3 Å². The van der Waals surface area contributed by atoms with Gasteiger partial charge in [0, 0.05) is 23.3 Å². The van der Waals surface area contributed by atoms with Gasteiger partial charge in [0.15, 0.2) is 0 Å². The maximum absolute atomic E-state index is 9.02. The van der Waals surface area contributed by atoms with Gasteiger partial charge < -0.3 is 4.98 Å². The number of hydrogen-bond acceptors (Lipinski definition) is 4. The highest BCUT2D eigenvalue weighted by atomic mass is 15.3. The summed E-state index contributed by atoms with van der Waals surface area (Å²) in [6, 6.07) is 4.35. The molecule has 0 aliphatic carbocycles. The van der Waals surface area contributed by atoms with Gasteiger partial charge in [0.1, 0.15) is 12.0 Å². The van der Waals surface area contributed by atoms with E-state index in [1.54, 1.807) is 6.33 Å². The lowest BCUT2D eigenvalue weighted by molar-refractivity contribution is 0.418. The van der Waals surface area contributed by atoms with Crippen molar-refractivity contribution in [2.45, 2.75) is 38.6 Å². The molecule has 0 saturated carbocycles. The maximum Gasteiger partial charge on any atom is 0.141 e. The third kappa shape index (κ3) is 2.70. The second-order valence-corrected chi connectivity index (χ2v) is 5.33. The molecule has 3 aromatic rings. The summed E-state index contributed by atoms with van der Waals surface area (Å²) in [5.41, 5.74) is 2.63. The average Bonchev–Trinajstić information content (AvgIpc) is 3.19. The first kappa shape index (κ1) is 14.3. The lowest BCUT2D eigenvalue weighted by Gasteiger charge is -2.13. The molecule has 22 heavy (non-hydrogen) atoms. The van der Waals surface area contributed by atoms with Gasteiger partial charge in [-0.1, -0.05) is 19.8 Å². The highest BCUT2D eigenvalue weighted by Crippen LogP contribution is 2.26. The van der Waals surface area contributed by atoms with Crippen LogP contribution in [0.3, 0.4) is 0 Å². The standard InChI is InChI=1S/C16H18N6/c1-2-3-4-13(5-7-17)22-10-12(9-21-22)15-14-6-8-18-16(14)20-11-19-15/h6,8-11,13H,2-5H2,1H3,(H,18,19,20)/t13-/m1/s1. The van der Waals surface area contributed by atoms with Crippen molar-refractivity contribution in [3.05, 3.63) is 31.0 Å². The minimum atomic E-state index is 0.127. The Morgan fingerprint density at radius 1 is 1.41 bits per heavy atom. The van der Waals surface area contributed by atoms with E-state index in [0.717, 1.165) is 41.6 Å². The first-order valence-corrected chi connectivity index (χ1v) is 7.53. The summed E-state index contributed by atoms with van der Waals surface area (Å²) in [5.74, 6) is 0. The van der Waals surface area contributed by atoms with E-state index in [4.69, 9.17) is 5.26 Å². The molecule has 0 fully saturated rings. The molecule has 6 heteroatoms. The molecule has 0 radical (unpaired) electrons. The van der Waals surface area contributed by atoms with E-state index in [1.165, 1.54) is 0 Å². The van der Waals surface area contributed by atoms with Crippen LogP contribution in [0.1, 0.15) is 38.6 Å². The van der Waals surface area contributed by atoms with E-state index in [9.17, 15) is 0 Å². The number of aromatic nitrogens is 5. The number of nitrogens with one attached hydrogen (secondary N) is 1. The largest absolute Gasteiger partial charge is 0.346 e. The molecule has 112 valence electrons. The second kappa shape index (κ2) is 6.39. The second-order valence-electron chi connectivity index (χ2n) is 5.33. The Labute approximate surface area is 128 Å². The van der Waals surface area contributed by atoms with Gasteiger partial charge in [0.05, 0.1) is 30.4 Å². The lowest BCUT2D eigenvalue weighted by atomic mass is 10.1. The molecule has 0 spiro atoms. The highest BCUT2D eigenvalue weighted by Gasteiger charge is 2.14. The van der Waals surface area contributed by atoms with Gasteiger partial charge in [0.25, 0.3) is 0 Å². The number of rotatable bonds is 6. The molecule has 0 aliphatic heterocycles. The molecule has 1 atom stereocenters. The first-order chi connectivity index (χ1) is 10.8. The number of nitriles is 1. The Morgan fingerprint density at radius 2 is 2.32 bits per heavy atom. The molecule has 0 aliphatic rings. The number of fused-ring (bicyclic) bond motifs is 1. The topological polar surface area (TPSA) is 83.2 Å². The third-order valence-corrected chi connectivity index (χ3v) is 3.82. The summed E-state index contributed by atoms with van der Waals surface area (Å²) >= 11 is 0. The van der Waals surface area contributed by atoms with Crippen LogP contribution < -0.4 is 0 Å². The van der Waals surface area contributed by atoms with Gasteiger partial charge in [-0.05, 0) is 12.5 Å². The van der Waals surface area contributed by atoms with Crippen LogP contribution in [0.5, 0.6) is 0 Å². The molecule has 0 aromatic carbocycles. The first-order valence-electron chi connectivity index (χ1n) is 7.53. The van der Waals surface area contributed by atoms with Crippen LogP contribution in [-0.2, 0) is 0 Å². The van der Waals surface area contributed by atoms with Crippen LogP contribution in [-0.4, -0.2) is 24.7 Å². The zero-order valence-corrected chi connectivity index (χ0v) is 12.5. The monoisotopic (exact) mass is 294 g/mol. The minimum absolute atomic E-state index is 0.127. The van der Waals surface area contributed by atoms with Crippen LogP contribution in [0.15, 0.2) is 31.0 Å². The fourth-order valence-electron chi connectivity index (χ4n) is 2.64. The minimum Gasteiger partial charge on any atom is -0.346 e. The molecule has 6 nitrogen and oxygen atoms in total. The summed E-state index contributed by atoms with van der Waals surface area (Å²) in [6.07, 6.45) is 10.8. The summed E-state index contributed by atoms with van der Waals surface area (Å²) < 4.78 is 1.90. The average molecular weight is 294 g/mol. The van der Waals surface area contributed by atoms with Crippen molar-refractivity contribution < 1.29 is 0 Å². The SMILES string of the molecule is CCCC[C@H](CC#N)n1cc(-c2ncnc3[nH]ccc23)cn1. The number of aromatic amines is 1. The predicted molar refractivity (Wildman–Crippen MR) is 83.9 cm³/mol. The molecule has 3 heterocycles. The van der Waals surface area contributed by atoms with E-state index in [2.05, 4.69) is 33.0 Å². The quantitative estimate of drug-likeness (QED) is 0.754. The summed E-state index contributed by atoms with van der Waals surface area (Å²) in [4.78, 5) is 11.7. The fourth-order valence-corrected chi connectivity index (χ4v) is 2.64. The number of H-pyrrole nitrogens is 1. The molecular weight excluding hydrogens is 276 g/mol. The summed E-state index contributed by atoms with van der Waals surface area (Å²) in [5, 5.41) is 14.4. The Bertz CT molecular complexity index is 794. The van der Waals surface area contributed by atoms with Gasteiger partial charge in [0.2, 0.25) is 0 Å². The number of unbranched alkanes of at least 4 members (excludes halogenated alkanes) is 1. The van der Waals surface area contributed by atoms with Gasteiger partial charge >= 0.3 is 0 Å². The van der Waals surface area contributed by atoms with Gasteiger partial charge in [-0.25, -0.2) is 9.97 Å². The van der Waals surface area contributed by atoms with Crippen LogP contribution >= 0.6 is 0 Å². The molecule has 3 aromatic heterocycles. The molecule has 0 bridgehead atoms. The highest BCUT2D eigenvalue weighted by molar-refractivity contribution is 5.89. The number of nitrogens with zero attached hydrogens (tertiary/aromatic N) is 5. The van der Waals surface area contributed by atoms with Gasteiger partial charge in [-0.2, -0.15) is 10.4 Å². The van der Waals surface area contributed by atoms with E-state index >= 15 is 0 Å². The Morgan fingerprint density at radius 3 is 3.14 bits per heavy atom. The van der Waals surface area contributed by atoms with Crippen molar-refractivity contribution in [1.82, 2.24) is 24.7 Å². The Balaban J connectivity index is 1.92. The normalized spacial score (nSPS) is 12.4. The molecule has 3 rings (SSSR count). The molecule has 0 unspecified atom stereocenters. The van der Waals surface area contributed by atoms with Crippen LogP contribution in [0.2, 0.25) is 0 Å². The molecule has 0 amide bonds. The Kier molecular flexibility index (Phi) is 4.15. The van der Waals surface area contributed by atoms with Crippen molar-refractivity contribution in [2.24, 2.45) is 0 Å². The van der Waals surface area contributed by atoms with Gasteiger partial charge in [-0.15, -0.1) is 0 Å². The van der Waals surface area contributed by atoms with Crippen LogP contribution in [0, 0.1) is 11.3 Å². The maximum atomic E-state index is 9.02.